The zero-order valence-electron chi connectivity index (χ0n) is 16.9. The van der Waals surface area contributed by atoms with Crippen molar-refractivity contribution in [3.05, 3.63) is 94.5 Å². The van der Waals surface area contributed by atoms with Gasteiger partial charge >= 0.3 is 0 Å². The highest BCUT2D eigenvalue weighted by Crippen LogP contribution is 2.46. The van der Waals surface area contributed by atoms with Crippen LogP contribution in [0.5, 0.6) is 5.75 Å². The van der Waals surface area contributed by atoms with Gasteiger partial charge in [-0.25, -0.2) is 0 Å². The SMILES string of the molecule is O=C1N(Cc2ccc(OCc3ccccc3)cc2)c2ccc(Cl)cc2C12OCCCO2. The van der Waals surface area contributed by atoms with Crippen LogP contribution in [0.2, 0.25) is 5.02 Å². The van der Waals surface area contributed by atoms with Crippen LogP contribution >= 0.6 is 11.6 Å². The second-order valence-electron chi connectivity index (χ2n) is 7.64. The predicted molar refractivity (Wildman–Crippen MR) is 118 cm³/mol. The molecule has 6 heteroatoms. The lowest BCUT2D eigenvalue weighted by Gasteiger charge is -2.32. The molecule has 2 heterocycles. The summed E-state index contributed by atoms with van der Waals surface area (Å²) >= 11 is 6.22. The van der Waals surface area contributed by atoms with Gasteiger partial charge in [-0.15, -0.1) is 0 Å². The van der Waals surface area contributed by atoms with Crippen LogP contribution in [0, 0.1) is 0 Å². The van der Waals surface area contributed by atoms with E-state index in [4.69, 9.17) is 25.8 Å². The first-order valence-corrected chi connectivity index (χ1v) is 10.7. The molecule has 1 fully saturated rings. The van der Waals surface area contributed by atoms with E-state index >= 15 is 0 Å². The summed E-state index contributed by atoms with van der Waals surface area (Å²) in [6.45, 7) is 1.86. The van der Waals surface area contributed by atoms with Crippen LogP contribution in [-0.2, 0) is 33.2 Å². The monoisotopic (exact) mass is 435 g/mol. The minimum Gasteiger partial charge on any atom is -0.489 e. The van der Waals surface area contributed by atoms with Gasteiger partial charge in [0.15, 0.2) is 0 Å². The molecule has 0 radical (unpaired) electrons. The third kappa shape index (κ3) is 3.81. The van der Waals surface area contributed by atoms with Gasteiger partial charge in [-0.3, -0.25) is 4.79 Å². The highest BCUT2D eigenvalue weighted by Gasteiger charge is 2.54. The summed E-state index contributed by atoms with van der Waals surface area (Å²) in [6, 6.07) is 23.2. The molecule has 0 aliphatic carbocycles. The minimum absolute atomic E-state index is 0.214. The fourth-order valence-corrected chi connectivity index (χ4v) is 4.16. The molecule has 31 heavy (non-hydrogen) atoms. The Balaban J connectivity index is 1.34. The van der Waals surface area contributed by atoms with E-state index in [9.17, 15) is 4.79 Å². The first-order chi connectivity index (χ1) is 15.2. The molecule has 1 amide bonds. The van der Waals surface area contributed by atoms with E-state index < -0.39 is 5.79 Å². The Morgan fingerprint density at radius 3 is 2.42 bits per heavy atom. The van der Waals surface area contributed by atoms with Crippen molar-refractivity contribution in [3.63, 3.8) is 0 Å². The van der Waals surface area contributed by atoms with Crippen molar-refractivity contribution in [1.29, 1.82) is 0 Å². The molecular formula is C25H22ClNO4. The quantitative estimate of drug-likeness (QED) is 0.562. The number of amides is 1. The molecule has 2 aliphatic rings. The number of anilines is 1. The molecule has 0 unspecified atom stereocenters. The Labute approximate surface area is 186 Å². The lowest BCUT2D eigenvalue weighted by molar-refractivity contribution is -0.256. The van der Waals surface area contributed by atoms with E-state index in [1.165, 1.54) is 0 Å². The molecule has 0 aromatic heterocycles. The molecule has 3 aromatic carbocycles. The molecule has 1 spiro atoms. The smallest absolute Gasteiger partial charge is 0.292 e. The maximum atomic E-state index is 13.4. The lowest BCUT2D eigenvalue weighted by atomic mass is 10.1. The summed E-state index contributed by atoms with van der Waals surface area (Å²) in [5.41, 5.74) is 3.53. The van der Waals surface area contributed by atoms with Crippen LogP contribution in [0.25, 0.3) is 0 Å². The first kappa shape index (κ1) is 20.1. The molecule has 5 rings (SSSR count). The fourth-order valence-electron chi connectivity index (χ4n) is 3.99. The molecule has 5 nitrogen and oxygen atoms in total. The van der Waals surface area contributed by atoms with Gasteiger partial charge in [-0.1, -0.05) is 54.1 Å². The van der Waals surface area contributed by atoms with Crippen molar-refractivity contribution in [2.75, 3.05) is 18.1 Å². The zero-order chi connectivity index (χ0) is 21.3. The molecule has 3 aromatic rings. The summed E-state index contributed by atoms with van der Waals surface area (Å²) in [6.07, 6.45) is 0.759. The van der Waals surface area contributed by atoms with E-state index in [2.05, 4.69) is 0 Å². The number of benzene rings is 3. The number of hydrogen-bond acceptors (Lipinski definition) is 4. The van der Waals surface area contributed by atoms with Gasteiger partial charge in [0, 0.05) is 10.6 Å². The van der Waals surface area contributed by atoms with E-state index in [0.717, 1.165) is 29.0 Å². The van der Waals surface area contributed by atoms with Gasteiger partial charge in [0.05, 0.1) is 25.4 Å². The topological polar surface area (TPSA) is 48.0 Å². The molecule has 0 bridgehead atoms. The summed E-state index contributed by atoms with van der Waals surface area (Å²) in [5, 5.41) is 0.547. The largest absolute Gasteiger partial charge is 0.489 e. The number of fused-ring (bicyclic) bond motifs is 2. The van der Waals surface area contributed by atoms with Gasteiger partial charge in [0.2, 0.25) is 0 Å². The van der Waals surface area contributed by atoms with Crippen molar-refractivity contribution >= 4 is 23.2 Å². The molecule has 0 atom stereocenters. The summed E-state index contributed by atoms with van der Waals surface area (Å²) < 4.78 is 17.6. The highest BCUT2D eigenvalue weighted by atomic mass is 35.5. The van der Waals surface area contributed by atoms with Crippen LogP contribution in [-0.4, -0.2) is 19.1 Å². The van der Waals surface area contributed by atoms with Crippen LogP contribution in [0.3, 0.4) is 0 Å². The van der Waals surface area contributed by atoms with Gasteiger partial charge in [-0.2, -0.15) is 0 Å². The normalized spacial score (nSPS) is 17.1. The summed E-state index contributed by atoms with van der Waals surface area (Å²) in [5.74, 6) is -0.825. The second kappa shape index (κ2) is 8.35. The maximum absolute atomic E-state index is 13.4. The van der Waals surface area contributed by atoms with Gasteiger partial charge in [-0.05, 0) is 47.9 Å². The Morgan fingerprint density at radius 1 is 0.935 bits per heavy atom. The average molecular weight is 436 g/mol. The van der Waals surface area contributed by atoms with Crippen molar-refractivity contribution < 1.29 is 19.0 Å². The zero-order valence-corrected chi connectivity index (χ0v) is 17.7. The van der Waals surface area contributed by atoms with Gasteiger partial charge in [0.25, 0.3) is 11.7 Å². The molecule has 2 aliphatic heterocycles. The van der Waals surface area contributed by atoms with Crippen molar-refractivity contribution in [2.45, 2.75) is 25.4 Å². The number of hydrogen-bond donors (Lipinski definition) is 0. The third-order valence-corrected chi connectivity index (χ3v) is 5.78. The Morgan fingerprint density at radius 2 is 1.68 bits per heavy atom. The lowest BCUT2D eigenvalue weighted by Crippen LogP contribution is -2.47. The van der Waals surface area contributed by atoms with Crippen LogP contribution in [0.1, 0.15) is 23.1 Å². The number of rotatable bonds is 5. The number of ether oxygens (including phenoxy) is 3. The first-order valence-electron chi connectivity index (χ1n) is 10.3. The number of carbonyl (C=O) groups is 1. The average Bonchev–Trinajstić information content (AvgIpc) is 3.02. The minimum atomic E-state index is -1.39. The molecule has 1 saturated heterocycles. The van der Waals surface area contributed by atoms with Crippen LogP contribution in [0.4, 0.5) is 5.69 Å². The van der Waals surface area contributed by atoms with Crippen molar-refractivity contribution in [2.24, 2.45) is 0 Å². The van der Waals surface area contributed by atoms with Crippen LogP contribution in [0.15, 0.2) is 72.8 Å². The van der Waals surface area contributed by atoms with E-state index in [-0.39, 0.29) is 5.91 Å². The predicted octanol–water partition coefficient (Wildman–Crippen LogP) is 5.06. The number of halogens is 1. The third-order valence-electron chi connectivity index (χ3n) is 5.54. The highest BCUT2D eigenvalue weighted by molar-refractivity contribution is 6.31. The Hall–Kier alpha value is -2.86. The Kier molecular flexibility index (Phi) is 5.40. The maximum Gasteiger partial charge on any atom is 0.292 e. The van der Waals surface area contributed by atoms with E-state index in [1.807, 2.05) is 60.7 Å². The van der Waals surface area contributed by atoms with E-state index in [1.54, 1.807) is 17.0 Å². The molecule has 0 N–H and O–H groups in total. The second-order valence-corrected chi connectivity index (χ2v) is 8.07. The van der Waals surface area contributed by atoms with Gasteiger partial charge in [0.1, 0.15) is 12.4 Å². The standard InChI is InChI=1S/C25H22ClNO4/c26-20-9-12-23-22(15-20)25(30-13-4-14-31-25)24(28)27(23)16-18-7-10-21(11-8-18)29-17-19-5-2-1-3-6-19/h1-3,5-12,15H,4,13-14,16-17H2. The van der Waals surface area contributed by atoms with E-state index in [0.29, 0.717) is 37.0 Å². The molecular weight excluding hydrogens is 414 g/mol. The van der Waals surface area contributed by atoms with Crippen molar-refractivity contribution in [3.8, 4) is 5.75 Å². The Bertz CT molecular complexity index is 1080. The molecule has 0 saturated carbocycles. The summed E-state index contributed by atoms with van der Waals surface area (Å²) in [7, 11) is 0. The molecule has 158 valence electrons. The van der Waals surface area contributed by atoms with Crippen LogP contribution < -0.4 is 9.64 Å². The number of carbonyl (C=O) groups excluding carboxylic acids is 1. The van der Waals surface area contributed by atoms with Gasteiger partial charge < -0.3 is 19.1 Å². The fraction of sp³-hybridized carbons (Fsp3) is 0.240. The number of nitrogens with zero attached hydrogens (tertiary/aromatic N) is 1. The van der Waals surface area contributed by atoms with Crippen molar-refractivity contribution in [1.82, 2.24) is 0 Å². The summed E-state index contributed by atoms with van der Waals surface area (Å²) in [4.78, 5) is 15.1.